The highest BCUT2D eigenvalue weighted by Crippen LogP contribution is 2.41. The minimum absolute atomic E-state index is 0.106. The van der Waals surface area contributed by atoms with Crippen LogP contribution < -0.4 is 14.5 Å². The van der Waals surface area contributed by atoms with Gasteiger partial charge in [0.15, 0.2) is 0 Å². The highest BCUT2D eigenvalue weighted by Gasteiger charge is 2.36. The van der Waals surface area contributed by atoms with Crippen molar-refractivity contribution in [3.63, 3.8) is 0 Å². The average Bonchev–Trinajstić information content (AvgIpc) is 3.71. The zero-order valence-corrected chi connectivity index (χ0v) is 24.4. The molecular formula is C31H30Cl2N4O5. The lowest BCUT2D eigenvalue weighted by Gasteiger charge is -2.38. The van der Waals surface area contributed by atoms with Crippen molar-refractivity contribution in [3.05, 3.63) is 75.9 Å². The van der Waals surface area contributed by atoms with Crippen molar-refractivity contribution < 1.29 is 24.2 Å². The number of ether oxygens (including phenoxy) is 1. The minimum atomic E-state index is -0.986. The van der Waals surface area contributed by atoms with E-state index in [1.165, 1.54) is 17.7 Å². The first-order valence-electron chi connectivity index (χ1n) is 14.1. The molecule has 3 heterocycles. The molecule has 6 rings (SSSR count). The molecule has 2 amide bonds. The van der Waals surface area contributed by atoms with Crippen molar-refractivity contribution in [2.24, 2.45) is 0 Å². The molecule has 0 bridgehead atoms. The molecule has 0 spiro atoms. The number of fused-ring (bicyclic) bond motifs is 1. The van der Waals surface area contributed by atoms with Gasteiger partial charge in [0.05, 0.1) is 16.4 Å². The van der Waals surface area contributed by atoms with Crippen molar-refractivity contribution in [2.75, 3.05) is 29.4 Å². The lowest BCUT2D eigenvalue weighted by molar-refractivity contribution is -0.148. The Morgan fingerprint density at radius 3 is 2.50 bits per heavy atom. The quantitative estimate of drug-likeness (QED) is 0.344. The molecule has 2 aromatic carbocycles. The largest absolute Gasteiger partial charge is 0.480 e. The molecule has 1 unspecified atom stereocenters. The van der Waals surface area contributed by atoms with Crippen LogP contribution in [0.1, 0.15) is 48.0 Å². The molecule has 1 aromatic heterocycles. The molecule has 2 fully saturated rings. The van der Waals surface area contributed by atoms with Crippen molar-refractivity contribution in [3.8, 4) is 11.6 Å². The normalized spacial score (nSPS) is 18.1. The van der Waals surface area contributed by atoms with Crippen LogP contribution in [0.5, 0.6) is 11.6 Å². The fourth-order valence-electron chi connectivity index (χ4n) is 5.79. The van der Waals surface area contributed by atoms with Gasteiger partial charge in [-0.25, -0.2) is 9.78 Å². The summed E-state index contributed by atoms with van der Waals surface area (Å²) in [7, 11) is 0. The smallest absolute Gasteiger partial charge is 0.326 e. The first-order chi connectivity index (χ1) is 20.3. The lowest BCUT2D eigenvalue weighted by Crippen LogP contribution is -2.45. The Kier molecular flexibility index (Phi) is 7.96. The Labute approximate surface area is 253 Å². The summed E-state index contributed by atoms with van der Waals surface area (Å²) >= 11 is 13.1. The monoisotopic (exact) mass is 608 g/mol. The predicted molar refractivity (Wildman–Crippen MR) is 160 cm³/mol. The molecule has 3 aliphatic rings. The molecule has 11 heteroatoms. The number of aromatic nitrogens is 1. The van der Waals surface area contributed by atoms with Gasteiger partial charge in [-0.15, -0.1) is 0 Å². The van der Waals surface area contributed by atoms with E-state index in [0.717, 1.165) is 17.9 Å². The van der Waals surface area contributed by atoms with Gasteiger partial charge in [-0.1, -0.05) is 35.3 Å². The van der Waals surface area contributed by atoms with Crippen LogP contribution in [0, 0.1) is 0 Å². The topological polar surface area (TPSA) is 103 Å². The maximum atomic E-state index is 13.9. The zero-order valence-electron chi connectivity index (χ0n) is 22.8. The van der Waals surface area contributed by atoms with E-state index in [1.807, 2.05) is 18.2 Å². The van der Waals surface area contributed by atoms with Gasteiger partial charge in [-0.05, 0) is 68.0 Å². The van der Waals surface area contributed by atoms with Gasteiger partial charge in [0, 0.05) is 49.4 Å². The first kappa shape index (κ1) is 28.3. The van der Waals surface area contributed by atoms with Crippen LogP contribution in [0.15, 0.2) is 54.7 Å². The third-order valence-electron chi connectivity index (χ3n) is 8.05. The molecule has 218 valence electrons. The number of hydrogen-bond donors (Lipinski definition) is 1. The number of benzene rings is 2. The molecule has 42 heavy (non-hydrogen) atoms. The van der Waals surface area contributed by atoms with E-state index >= 15 is 0 Å². The van der Waals surface area contributed by atoms with Gasteiger partial charge >= 0.3 is 5.97 Å². The number of carboxylic acid groups (broad SMARTS) is 1. The van der Waals surface area contributed by atoms with Crippen LogP contribution in [0.3, 0.4) is 0 Å². The summed E-state index contributed by atoms with van der Waals surface area (Å²) in [6.07, 6.45) is 5.41. The number of anilines is 2. The van der Waals surface area contributed by atoms with Gasteiger partial charge in [-0.2, -0.15) is 0 Å². The van der Waals surface area contributed by atoms with Crippen LogP contribution in [-0.2, 0) is 16.0 Å². The van der Waals surface area contributed by atoms with E-state index < -0.39 is 12.0 Å². The van der Waals surface area contributed by atoms with Gasteiger partial charge < -0.3 is 24.5 Å². The summed E-state index contributed by atoms with van der Waals surface area (Å²) in [5.74, 6) is -1.10. The fraction of sp³-hybridized carbons (Fsp3) is 0.355. The standard InChI is InChI=1S/C31H30Cl2N4O5/c32-22-18-27(23(33)17-19(22)9-12-28(38)36-14-4-8-26(36)31(40)41)42-29-21(5-3-13-34-29)30(39)37-16-15-35(20-10-11-20)24-6-1-2-7-25(24)37/h1-3,5-7,13,17-18,20,26H,4,8-12,14-16H2,(H,40,41). The molecule has 3 aromatic rings. The summed E-state index contributed by atoms with van der Waals surface area (Å²) in [4.78, 5) is 47.9. The van der Waals surface area contributed by atoms with Crippen LogP contribution in [0.2, 0.25) is 10.0 Å². The molecule has 9 nitrogen and oxygen atoms in total. The van der Waals surface area contributed by atoms with Crippen molar-refractivity contribution >= 4 is 52.4 Å². The molecule has 2 aliphatic heterocycles. The number of halogens is 2. The van der Waals surface area contributed by atoms with E-state index in [0.29, 0.717) is 54.5 Å². The third kappa shape index (κ3) is 5.63. The third-order valence-corrected chi connectivity index (χ3v) is 8.70. The number of nitrogens with zero attached hydrogens (tertiary/aromatic N) is 4. The number of para-hydroxylation sites is 2. The zero-order chi connectivity index (χ0) is 29.4. The van der Waals surface area contributed by atoms with Crippen LogP contribution in [-0.4, -0.2) is 64.5 Å². The number of amides is 2. The summed E-state index contributed by atoms with van der Waals surface area (Å²) in [5, 5.41) is 9.97. The second kappa shape index (κ2) is 11.8. The van der Waals surface area contributed by atoms with Gasteiger partial charge in [0.2, 0.25) is 11.8 Å². The number of carboxylic acids is 1. The van der Waals surface area contributed by atoms with Gasteiger partial charge in [0.25, 0.3) is 5.91 Å². The Bertz CT molecular complexity index is 1550. The SMILES string of the molecule is O=C(O)C1CCCN1C(=O)CCc1cc(Cl)c(Oc2ncccc2C(=O)N2CCN(C3CC3)c3ccccc32)cc1Cl. The molecule has 1 N–H and O–H groups in total. The number of hydrogen-bond acceptors (Lipinski definition) is 6. The predicted octanol–water partition coefficient (Wildman–Crippen LogP) is 5.82. The van der Waals surface area contributed by atoms with E-state index in [4.69, 9.17) is 27.9 Å². The Morgan fingerprint density at radius 1 is 0.952 bits per heavy atom. The molecular weight excluding hydrogens is 579 g/mol. The number of carbonyl (C=O) groups is 3. The summed E-state index contributed by atoms with van der Waals surface area (Å²) in [6.45, 7) is 1.74. The van der Waals surface area contributed by atoms with Crippen molar-refractivity contribution in [1.29, 1.82) is 0 Å². The molecule has 1 saturated carbocycles. The second-order valence-electron chi connectivity index (χ2n) is 10.8. The molecule has 0 radical (unpaired) electrons. The van der Waals surface area contributed by atoms with E-state index in [9.17, 15) is 19.5 Å². The highest BCUT2D eigenvalue weighted by molar-refractivity contribution is 6.34. The van der Waals surface area contributed by atoms with E-state index in [1.54, 1.807) is 35.4 Å². The maximum absolute atomic E-state index is 13.9. The summed E-state index contributed by atoms with van der Waals surface area (Å²) < 4.78 is 6.07. The van der Waals surface area contributed by atoms with Crippen LogP contribution >= 0.6 is 23.2 Å². The van der Waals surface area contributed by atoms with Gasteiger partial charge in [0.1, 0.15) is 17.4 Å². The van der Waals surface area contributed by atoms with E-state index in [2.05, 4.69) is 16.0 Å². The maximum Gasteiger partial charge on any atom is 0.326 e. The van der Waals surface area contributed by atoms with Gasteiger partial charge in [-0.3, -0.25) is 9.59 Å². The average molecular weight is 610 g/mol. The highest BCUT2D eigenvalue weighted by atomic mass is 35.5. The molecule has 1 atom stereocenters. The second-order valence-corrected chi connectivity index (χ2v) is 11.6. The summed E-state index contributed by atoms with van der Waals surface area (Å²) in [5.41, 5.74) is 2.85. The molecule has 1 saturated heterocycles. The lowest BCUT2D eigenvalue weighted by atomic mass is 10.1. The number of carbonyl (C=O) groups excluding carboxylic acids is 2. The number of likely N-dealkylation sites (tertiary alicyclic amines) is 1. The number of rotatable bonds is 8. The van der Waals surface area contributed by atoms with Crippen LogP contribution in [0.25, 0.3) is 0 Å². The summed E-state index contributed by atoms with van der Waals surface area (Å²) in [6, 6.07) is 14.2. The van der Waals surface area contributed by atoms with Crippen molar-refractivity contribution in [2.45, 2.75) is 50.6 Å². The number of aryl methyl sites for hydroxylation is 1. The minimum Gasteiger partial charge on any atom is -0.480 e. The first-order valence-corrected chi connectivity index (χ1v) is 14.9. The number of aliphatic carboxylic acids is 1. The fourth-order valence-corrected chi connectivity index (χ4v) is 6.26. The Morgan fingerprint density at radius 2 is 1.74 bits per heavy atom. The Balaban J connectivity index is 1.18. The number of pyridine rings is 1. The molecule has 1 aliphatic carbocycles. The Hall–Kier alpha value is -3.82. The van der Waals surface area contributed by atoms with E-state index in [-0.39, 0.29) is 34.9 Å². The van der Waals surface area contributed by atoms with Crippen LogP contribution in [0.4, 0.5) is 11.4 Å². The van der Waals surface area contributed by atoms with Crippen molar-refractivity contribution in [1.82, 2.24) is 9.88 Å².